The van der Waals surface area contributed by atoms with E-state index in [0.717, 1.165) is 24.8 Å². The van der Waals surface area contributed by atoms with Gasteiger partial charge >= 0.3 is 12.1 Å². The average molecular weight is 463 g/mol. The highest BCUT2D eigenvalue weighted by Crippen LogP contribution is 2.11. The second-order valence-electron chi connectivity index (χ2n) is 8.52. The monoisotopic (exact) mass is 462 g/mol. The van der Waals surface area contributed by atoms with E-state index in [-0.39, 0.29) is 12.5 Å². The predicted octanol–water partition coefficient (Wildman–Crippen LogP) is 5.57. The second kappa shape index (κ2) is 18.9. The number of benzene rings is 1. The van der Waals surface area contributed by atoms with Crippen LogP contribution in [0.15, 0.2) is 30.3 Å². The quantitative estimate of drug-likeness (QED) is 0.233. The van der Waals surface area contributed by atoms with Gasteiger partial charge in [0.25, 0.3) is 0 Å². The maximum atomic E-state index is 12.1. The van der Waals surface area contributed by atoms with Gasteiger partial charge in [-0.2, -0.15) is 0 Å². The van der Waals surface area contributed by atoms with Crippen LogP contribution in [0.2, 0.25) is 0 Å². The van der Waals surface area contributed by atoms with Gasteiger partial charge in [-0.3, -0.25) is 4.79 Å². The zero-order valence-electron chi connectivity index (χ0n) is 20.2. The third-order valence-corrected chi connectivity index (χ3v) is 5.54. The largest absolute Gasteiger partial charge is 0.480 e. The maximum Gasteiger partial charge on any atom is 0.407 e. The number of carboxylic acids is 1. The number of unbranched alkanes of at least 4 members (excludes halogenated alkanes) is 9. The van der Waals surface area contributed by atoms with E-state index in [4.69, 9.17) is 4.74 Å². The molecule has 1 aromatic rings. The first-order chi connectivity index (χ1) is 16.0. The molecule has 1 unspecified atom stereocenters. The number of carboxylic acid groups (broad SMARTS) is 1. The van der Waals surface area contributed by atoms with E-state index in [0.29, 0.717) is 32.2 Å². The fourth-order valence-electron chi connectivity index (χ4n) is 3.56. The summed E-state index contributed by atoms with van der Waals surface area (Å²) in [6.07, 6.45) is 11.9. The number of alkyl carbamates (subject to hydrolysis) is 1. The molecule has 0 saturated carbocycles. The lowest BCUT2D eigenvalue weighted by atomic mass is 10.1. The van der Waals surface area contributed by atoms with Crippen molar-refractivity contribution in [1.29, 1.82) is 0 Å². The molecule has 0 aromatic heterocycles. The highest BCUT2D eigenvalue weighted by atomic mass is 16.5. The van der Waals surface area contributed by atoms with Crippen molar-refractivity contribution in [3.63, 3.8) is 0 Å². The lowest BCUT2D eigenvalue weighted by Gasteiger charge is -2.14. The first-order valence-corrected chi connectivity index (χ1v) is 12.5. The van der Waals surface area contributed by atoms with Crippen molar-refractivity contribution in [1.82, 2.24) is 10.6 Å². The molecule has 33 heavy (non-hydrogen) atoms. The molecule has 0 fully saturated rings. The number of ether oxygens (including phenoxy) is 1. The first-order valence-electron chi connectivity index (χ1n) is 12.5. The summed E-state index contributed by atoms with van der Waals surface area (Å²) in [5, 5.41) is 14.7. The summed E-state index contributed by atoms with van der Waals surface area (Å²) in [6.45, 7) is 2.81. The second-order valence-corrected chi connectivity index (χ2v) is 8.52. The van der Waals surface area contributed by atoms with Crippen molar-refractivity contribution < 1.29 is 24.2 Å². The van der Waals surface area contributed by atoms with Crippen LogP contribution in [0, 0.1) is 0 Å². The summed E-state index contributed by atoms with van der Waals surface area (Å²) in [6, 6.07) is 8.52. The Kier molecular flexibility index (Phi) is 16.3. The molecule has 1 atom stereocenters. The minimum Gasteiger partial charge on any atom is -0.480 e. The molecule has 0 aliphatic carbocycles. The molecule has 0 saturated heterocycles. The number of hydrogen-bond acceptors (Lipinski definition) is 4. The zero-order valence-corrected chi connectivity index (χ0v) is 20.2. The van der Waals surface area contributed by atoms with Gasteiger partial charge < -0.3 is 20.5 Å². The van der Waals surface area contributed by atoms with Gasteiger partial charge in [-0.05, 0) is 31.2 Å². The molecule has 0 aliphatic rings. The molecule has 7 nitrogen and oxygen atoms in total. The fourth-order valence-corrected chi connectivity index (χ4v) is 3.56. The first kappa shape index (κ1) is 28.5. The Morgan fingerprint density at radius 1 is 0.879 bits per heavy atom. The van der Waals surface area contributed by atoms with Gasteiger partial charge in [0.2, 0.25) is 5.91 Å². The van der Waals surface area contributed by atoms with Crippen molar-refractivity contribution >= 4 is 18.0 Å². The van der Waals surface area contributed by atoms with E-state index in [2.05, 4.69) is 17.6 Å². The normalized spacial score (nSPS) is 11.5. The van der Waals surface area contributed by atoms with Gasteiger partial charge in [0.15, 0.2) is 0 Å². The molecule has 2 amide bonds. The third-order valence-electron chi connectivity index (χ3n) is 5.54. The third kappa shape index (κ3) is 15.8. The smallest absolute Gasteiger partial charge is 0.407 e. The Labute approximate surface area is 198 Å². The maximum absolute atomic E-state index is 12.1. The SMILES string of the molecule is CCCCCCCCCCCC(=O)NC(CCCCNC(=O)OCc1ccccc1)C(=O)O. The van der Waals surface area contributed by atoms with Crippen molar-refractivity contribution in [2.75, 3.05) is 6.54 Å². The summed E-state index contributed by atoms with van der Waals surface area (Å²) < 4.78 is 5.13. The van der Waals surface area contributed by atoms with Gasteiger partial charge in [-0.1, -0.05) is 88.6 Å². The van der Waals surface area contributed by atoms with Crippen molar-refractivity contribution in [2.45, 2.75) is 103 Å². The van der Waals surface area contributed by atoms with E-state index in [1.54, 1.807) is 0 Å². The van der Waals surface area contributed by atoms with Gasteiger partial charge in [-0.15, -0.1) is 0 Å². The molecule has 0 aliphatic heterocycles. The lowest BCUT2D eigenvalue weighted by Crippen LogP contribution is -2.40. The van der Waals surface area contributed by atoms with Crippen LogP contribution in [-0.4, -0.2) is 35.7 Å². The van der Waals surface area contributed by atoms with E-state index in [1.165, 1.54) is 38.5 Å². The Bertz CT molecular complexity index is 666. The number of hydrogen-bond donors (Lipinski definition) is 3. The summed E-state index contributed by atoms with van der Waals surface area (Å²) in [4.78, 5) is 35.2. The number of amides is 2. The zero-order chi connectivity index (χ0) is 24.2. The van der Waals surface area contributed by atoms with E-state index >= 15 is 0 Å². The molecule has 0 radical (unpaired) electrons. The van der Waals surface area contributed by atoms with Crippen LogP contribution in [0.3, 0.4) is 0 Å². The predicted molar refractivity (Wildman–Crippen MR) is 130 cm³/mol. The standard InChI is InChI=1S/C26H42N2O5/c1-2-3-4-5-6-7-8-9-13-19-24(29)28-23(25(30)31)18-14-15-20-27-26(32)33-21-22-16-11-10-12-17-22/h10-12,16-17,23H,2-9,13-15,18-21H2,1H3,(H,27,32)(H,28,29)(H,30,31). The number of carbonyl (C=O) groups excluding carboxylic acids is 2. The molecule has 0 heterocycles. The molecule has 1 aromatic carbocycles. The van der Waals surface area contributed by atoms with Crippen LogP contribution >= 0.6 is 0 Å². The van der Waals surface area contributed by atoms with E-state index < -0.39 is 18.1 Å². The summed E-state index contributed by atoms with van der Waals surface area (Å²) in [5.41, 5.74) is 0.912. The van der Waals surface area contributed by atoms with Gasteiger partial charge in [-0.25, -0.2) is 9.59 Å². The Morgan fingerprint density at radius 2 is 1.52 bits per heavy atom. The molecule has 0 spiro atoms. The Hall–Kier alpha value is -2.57. The molecule has 3 N–H and O–H groups in total. The average Bonchev–Trinajstić information content (AvgIpc) is 2.81. The van der Waals surface area contributed by atoms with Crippen LogP contribution in [0.25, 0.3) is 0 Å². The Morgan fingerprint density at radius 3 is 2.15 bits per heavy atom. The molecular weight excluding hydrogens is 420 g/mol. The fraction of sp³-hybridized carbons (Fsp3) is 0.654. The van der Waals surface area contributed by atoms with Crippen LogP contribution in [0.4, 0.5) is 4.79 Å². The molecule has 1 rings (SSSR count). The van der Waals surface area contributed by atoms with Crippen molar-refractivity contribution in [3.8, 4) is 0 Å². The molecule has 186 valence electrons. The van der Waals surface area contributed by atoms with E-state index in [1.807, 2.05) is 30.3 Å². The summed E-state index contributed by atoms with van der Waals surface area (Å²) in [7, 11) is 0. The highest BCUT2D eigenvalue weighted by Gasteiger charge is 2.19. The van der Waals surface area contributed by atoms with Crippen LogP contribution in [0.5, 0.6) is 0 Å². The van der Waals surface area contributed by atoms with Crippen LogP contribution < -0.4 is 10.6 Å². The molecule has 7 heteroatoms. The summed E-state index contributed by atoms with van der Waals surface area (Å²) >= 11 is 0. The van der Waals surface area contributed by atoms with Gasteiger partial charge in [0.05, 0.1) is 0 Å². The van der Waals surface area contributed by atoms with Crippen molar-refractivity contribution in [2.24, 2.45) is 0 Å². The molecule has 0 bridgehead atoms. The Balaban J connectivity index is 2.07. The topological polar surface area (TPSA) is 105 Å². The number of carbonyl (C=O) groups is 3. The van der Waals surface area contributed by atoms with Crippen molar-refractivity contribution in [3.05, 3.63) is 35.9 Å². The number of nitrogens with one attached hydrogen (secondary N) is 2. The lowest BCUT2D eigenvalue weighted by molar-refractivity contribution is -0.142. The van der Waals surface area contributed by atoms with Crippen LogP contribution in [-0.2, 0) is 20.9 Å². The number of rotatable bonds is 19. The van der Waals surface area contributed by atoms with Gasteiger partial charge in [0.1, 0.15) is 12.6 Å². The number of aliphatic carboxylic acids is 1. The minimum absolute atomic E-state index is 0.201. The minimum atomic E-state index is -1.02. The van der Waals surface area contributed by atoms with E-state index in [9.17, 15) is 19.5 Å². The van der Waals surface area contributed by atoms with Crippen LogP contribution in [0.1, 0.15) is 96.0 Å². The highest BCUT2D eigenvalue weighted by molar-refractivity contribution is 5.83. The molecular formula is C26H42N2O5. The van der Waals surface area contributed by atoms with Gasteiger partial charge in [0, 0.05) is 13.0 Å². The summed E-state index contributed by atoms with van der Waals surface area (Å²) in [5.74, 6) is -1.22.